The van der Waals surface area contributed by atoms with Crippen LogP contribution in [0.2, 0.25) is 0 Å². The predicted molar refractivity (Wildman–Crippen MR) is 86.9 cm³/mol. The fraction of sp³-hybridized carbons (Fsp3) is 0.533. The highest BCUT2D eigenvalue weighted by Gasteiger charge is 2.34. The summed E-state index contributed by atoms with van der Waals surface area (Å²) in [5.74, 6) is 0.510. The second-order valence-corrected chi connectivity index (χ2v) is 7.60. The predicted octanol–water partition coefficient (Wildman–Crippen LogP) is 1.07. The first-order chi connectivity index (χ1) is 11.4. The molecule has 0 radical (unpaired) electrons. The van der Waals surface area contributed by atoms with Gasteiger partial charge in [-0.15, -0.1) is 0 Å². The van der Waals surface area contributed by atoms with Crippen molar-refractivity contribution in [3.8, 4) is 0 Å². The zero-order valence-electron chi connectivity index (χ0n) is 14.0. The molecule has 1 aliphatic rings. The number of nitrogens with zero attached hydrogens (tertiary/aromatic N) is 5. The van der Waals surface area contributed by atoms with Gasteiger partial charge < -0.3 is 4.74 Å². The first kappa shape index (κ1) is 17.0. The largest absolute Gasteiger partial charge is 0.367 e. The summed E-state index contributed by atoms with van der Waals surface area (Å²) in [6, 6.07) is 1.79. The van der Waals surface area contributed by atoms with Crippen LogP contribution in [0.15, 0.2) is 23.4 Å². The smallest absolute Gasteiger partial charge is 0.246 e. The molecule has 130 valence electrons. The van der Waals surface area contributed by atoms with Crippen LogP contribution < -0.4 is 0 Å². The molecule has 2 aromatic heterocycles. The number of aryl methyl sites for hydroxylation is 2. The standard InChI is InChI=1S/C15H21N5O3S/c1-4-20-12(3)14(9-17-20)24(21,22)19-7-8-23-13(10-19)15-16-6-5-11(2)18-15/h5-6,9,13H,4,7-8,10H2,1-3H3/t13-/m0/s1. The monoisotopic (exact) mass is 351 g/mol. The van der Waals surface area contributed by atoms with E-state index in [0.29, 0.717) is 31.2 Å². The molecule has 1 aliphatic heterocycles. The average Bonchev–Trinajstić information content (AvgIpc) is 2.96. The van der Waals surface area contributed by atoms with Crippen LogP contribution in [0.1, 0.15) is 30.2 Å². The Balaban J connectivity index is 1.87. The summed E-state index contributed by atoms with van der Waals surface area (Å²) in [6.45, 7) is 7.00. The van der Waals surface area contributed by atoms with Crippen molar-refractivity contribution in [3.05, 3.63) is 35.7 Å². The molecule has 0 bridgehead atoms. The Labute approximate surface area is 141 Å². The normalized spacial score (nSPS) is 19.5. The third-order valence-corrected chi connectivity index (χ3v) is 6.07. The second kappa shape index (κ2) is 6.58. The van der Waals surface area contributed by atoms with Gasteiger partial charge in [0, 0.05) is 31.5 Å². The summed E-state index contributed by atoms with van der Waals surface area (Å²) in [4.78, 5) is 8.81. The Morgan fingerprint density at radius 2 is 2.17 bits per heavy atom. The first-order valence-corrected chi connectivity index (χ1v) is 9.31. The zero-order valence-corrected chi connectivity index (χ0v) is 14.8. The Morgan fingerprint density at radius 1 is 1.38 bits per heavy atom. The van der Waals surface area contributed by atoms with Crippen LogP contribution in [-0.4, -0.2) is 52.2 Å². The van der Waals surface area contributed by atoms with Gasteiger partial charge in [0.1, 0.15) is 11.0 Å². The summed E-state index contributed by atoms with van der Waals surface area (Å²) in [7, 11) is -3.62. The maximum atomic E-state index is 13.0. The van der Waals surface area contributed by atoms with Crippen molar-refractivity contribution in [1.29, 1.82) is 0 Å². The van der Waals surface area contributed by atoms with Crippen molar-refractivity contribution in [3.63, 3.8) is 0 Å². The molecule has 3 heterocycles. The summed E-state index contributed by atoms with van der Waals surface area (Å²) < 4.78 is 34.7. The highest BCUT2D eigenvalue weighted by atomic mass is 32.2. The molecule has 0 aromatic carbocycles. The van der Waals surface area contributed by atoms with E-state index in [4.69, 9.17) is 4.74 Å². The van der Waals surface area contributed by atoms with Crippen molar-refractivity contribution in [1.82, 2.24) is 24.1 Å². The van der Waals surface area contributed by atoms with Crippen LogP contribution in [0, 0.1) is 13.8 Å². The van der Waals surface area contributed by atoms with Gasteiger partial charge in [-0.3, -0.25) is 4.68 Å². The van der Waals surface area contributed by atoms with Crippen molar-refractivity contribution < 1.29 is 13.2 Å². The van der Waals surface area contributed by atoms with E-state index in [9.17, 15) is 8.42 Å². The van der Waals surface area contributed by atoms with Crippen molar-refractivity contribution in [2.45, 2.75) is 38.3 Å². The van der Waals surface area contributed by atoms with E-state index in [1.807, 2.05) is 13.8 Å². The van der Waals surface area contributed by atoms with Crippen LogP contribution in [-0.2, 0) is 21.3 Å². The van der Waals surface area contributed by atoms with Gasteiger partial charge in [-0.25, -0.2) is 18.4 Å². The molecule has 0 aliphatic carbocycles. The van der Waals surface area contributed by atoms with Crippen LogP contribution in [0.25, 0.3) is 0 Å². The maximum Gasteiger partial charge on any atom is 0.246 e. The van der Waals surface area contributed by atoms with Crippen LogP contribution >= 0.6 is 0 Å². The fourth-order valence-corrected chi connectivity index (χ4v) is 4.35. The van der Waals surface area contributed by atoms with Crippen molar-refractivity contribution in [2.24, 2.45) is 0 Å². The second-order valence-electron chi connectivity index (χ2n) is 5.69. The van der Waals surface area contributed by atoms with Gasteiger partial charge >= 0.3 is 0 Å². The minimum atomic E-state index is -3.62. The van der Waals surface area contributed by atoms with E-state index in [1.54, 1.807) is 23.9 Å². The van der Waals surface area contributed by atoms with E-state index < -0.39 is 16.1 Å². The van der Waals surface area contributed by atoms with Crippen LogP contribution in [0.5, 0.6) is 0 Å². The van der Waals surface area contributed by atoms with Gasteiger partial charge in [0.25, 0.3) is 0 Å². The molecule has 24 heavy (non-hydrogen) atoms. The minimum Gasteiger partial charge on any atom is -0.367 e. The molecule has 0 amide bonds. The Bertz CT molecular complexity index is 833. The molecule has 2 aromatic rings. The third kappa shape index (κ3) is 3.06. The molecule has 1 atom stereocenters. The van der Waals surface area contributed by atoms with E-state index in [-0.39, 0.29) is 11.4 Å². The number of hydrogen-bond donors (Lipinski definition) is 0. The lowest BCUT2D eigenvalue weighted by Crippen LogP contribution is -2.42. The molecule has 0 saturated carbocycles. The number of rotatable bonds is 4. The summed E-state index contributed by atoms with van der Waals surface area (Å²) >= 11 is 0. The third-order valence-electron chi connectivity index (χ3n) is 4.11. The van der Waals surface area contributed by atoms with Crippen LogP contribution in [0.4, 0.5) is 0 Å². The quantitative estimate of drug-likeness (QED) is 0.818. The van der Waals surface area contributed by atoms with E-state index in [2.05, 4.69) is 15.1 Å². The number of sulfonamides is 1. The Morgan fingerprint density at radius 3 is 2.83 bits per heavy atom. The molecule has 1 fully saturated rings. The fourth-order valence-electron chi connectivity index (χ4n) is 2.76. The average molecular weight is 351 g/mol. The lowest BCUT2D eigenvalue weighted by Gasteiger charge is -2.31. The van der Waals surface area contributed by atoms with E-state index in [1.165, 1.54) is 10.5 Å². The van der Waals surface area contributed by atoms with Gasteiger partial charge in [0.15, 0.2) is 5.82 Å². The molecule has 0 spiro atoms. The van der Waals surface area contributed by atoms with E-state index in [0.717, 1.165) is 5.69 Å². The topological polar surface area (TPSA) is 90.2 Å². The molecule has 9 heteroatoms. The van der Waals surface area contributed by atoms with Gasteiger partial charge in [0.05, 0.1) is 18.5 Å². The Hall–Kier alpha value is -1.84. The van der Waals surface area contributed by atoms with Crippen LogP contribution in [0.3, 0.4) is 0 Å². The van der Waals surface area contributed by atoms with Crippen molar-refractivity contribution >= 4 is 10.0 Å². The highest BCUT2D eigenvalue weighted by molar-refractivity contribution is 7.89. The minimum absolute atomic E-state index is 0.197. The van der Waals surface area contributed by atoms with Gasteiger partial charge in [0.2, 0.25) is 10.0 Å². The number of morpholine rings is 1. The zero-order chi connectivity index (χ0) is 17.3. The summed E-state index contributed by atoms with van der Waals surface area (Å²) in [6.07, 6.45) is 2.61. The lowest BCUT2D eigenvalue weighted by molar-refractivity contribution is -0.00762. The number of hydrogen-bond acceptors (Lipinski definition) is 6. The van der Waals surface area contributed by atoms with Gasteiger partial charge in [-0.1, -0.05) is 0 Å². The summed E-state index contributed by atoms with van der Waals surface area (Å²) in [5, 5.41) is 4.14. The molecule has 0 unspecified atom stereocenters. The molecular formula is C15H21N5O3S. The molecular weight excluding hydrogens is 330 g/mol. The maximum absolute atomic E-state index is 13.0. The Kier molecular flexibility index (Phi) is 4.66. The van der Waals surface area contributed by atoms with Crippen molar-refractivity contribution in [2.75, 3.05) is 19.7 Å². The molecule has 8 nitrogen and oxygen atoms in total. The van der Waals surface area contributed by atoms with Gasteiger partial charge in [-0.05, 0) is 26.8 Å². The SMILES string of the molecule is CCn1ncc(S(=O)(=O)N2CCO[C@H](c3nccc(C)n3)C2)c1C. The first-order valence-electron chi connectivity index (χ1n) is 7.87. The molecule has 1 saturated heterocycles. The lowest BCUT2D eigenvalue weighted by atomic mass is 10.3. The molecule has 3 rings (SSSR count). The molecule has 0 N–H and O–H groups in total. The number of aromatic nitrogens is 4. The number of ether oxygens (including phenoxy) is 1. The van der Waals surface area contributed by atoms with E-state index >= 15 is 0 Å². The summed E-state index contributed by atoms with van der Waals surface area (Å²) in [5.41, 5.74) is 1.47. The van der Waals surface area contributed by atoms with Gasteiger partial charge in [-0.2, -0.15) is 9.40 Å². The highest BCUT2D eigenvalue weighted by Crippen LogP contribution is 2.26.